The molecule has 0 aliphatic heterocycles. The number of rotatable bonds is 1. The first-order chi connectivity index (χ1) is 10.6. The Labute approximate surface area is 136 Å². The fourth-order valence-corrected chi connectivity index (χ4v) is 7.26. The van der Waals surface area contributed by atoms with Gasteiger partial charge in [-0.1, -0.05) is 25.4 Å². The summed E-state index contributed by atoms with van der Waals surface area (Å²) in [5.74, 6) is 3.93. The highest BCUT2D eigenvalue weighted by Crippen LogP contribution is 2.65. The second-order valence-corrected chi connectivity index (χ2v) is 9.29. The van der Waals surface area contributed by atoms with Crippen molar-refractivity contribution in [3.63, 3.8) is 0 Å². The van der Waals surface area contributed by atoms with Crippen LogP contribution in [0.4, 0.5) is 0 Å². The molecule has 0 aromatic carbocycles. The van der Waals surface area contributed by atoms with Crippen molar-refractivity contribution >= 4 is 5.71 Å². The van der Waals surface area contributed by atoms with Gasteiger partial charge in [-0.05, 0) is 92.3 Å². The molecule has 0 saturated heterocycles. The van der Waals surface area contributed by atoms with Crippen LogP contribution in [0.25, 0.3) is 0 Å². The Morgan fingerprint density at radius 3 is 2.68 bits per heavy atom. The molecule has 6 atom stereocenters. The van der Waals surface area contributed by atoms with Crippen molar-refractivity contribution in [2.24, 2.45) is 39.7 Å². The zero-order chi connectivity index (χ0) is 15.4. The van der Waals surface area contributed by atoms with E-state index < -0.39 is 0 Å². The van der Waals surface area contributed by atoms with Gasteiger partial charge in [0, 0.05) is 0 Å². The highest BCUT2D eigenvalue weighted by Gasteiger charge is 2.57. The second-order valence-electron chi connectivity index (χ2n) is 9.29. The molecule has 22 heavy (non-hydrogen) atoms. The first-order valence-corrected chi connectivity index (χ1v) is 9.66. The average molecular weight is 303 g/mol. The lowest BCUT2D eigenvalue weighted by Crippen LogP contribution is -2.52. The molecule has 0 spiro atoms. The van der Waals surface area contributed by atoms with Gasteiger partial charge in [0.1, 0.15) is 7.11 Å². The quantitative estimate of drug-likeness (QED) is 0.593. The monoisotopic (exact) mass is 303 g/mol. The van der Waals surface area contributed by atoms with Gasteiger partial charge in [0.15, 0.2) is 0 Å². The minimum absolute atomic E-state index is 0.583. The van der Waals surface area contributed by atoms with Crippen LogP contribution in [-0.2, 0) is 4.84 Å². The smallest absolute Gasteiger partial charge is 0.106 e. The molecule has 0 amide bonds. The van der Waals surface area contributed by atoms with E-state index in [1.165, 1.54) is 69.9 Å². The minimum Gasteiger partial charge on any atom is -0.399 e. The van der Waals surface area contributed by atoms with Crippen molar-refractivity contribution in [1.82, 2.24) is 0 Å². The van der Waals surface area contributed by atoms with Crippen LogP contribution in [0.5, 0.6) is 0 Å². The summed E-state index contributed by atoms with van der Waals surface area (Å²) in [5, 5.41) is 4.29. The molecule has 4 fully saturated rings. The summed E-state index contributed by atoms with van der Waals surface area (Å²) in [5.41, 5.74) is 2.60. The van der Waals surface area contributed by atoms with Gasteiger partial charge in [-0.2, -0.15) is 0 Å². The molecule has 2 nitrogen and oxygen atoms in total. The molecule has 0 aromatic rings. The molecule has 4 aliphatic carbocycles. The van der Waals surface area contributed by atoms with E-state index in [4.69, 9.17) is 4.84 Å². The van der Waals surface area contributed by atoms with E-state index >= 15 is 0 Å². The maximum absolute atomic E-state index is 5.06. The Balaban J connectivity index is 1.58. The normalized spacial score (nSPS) is 52.8. The van der Waals surface area contributed by atoms with Crippen LogP contribution in [0.1, 0.15) is 78.1 Å². The summed E-state index contributed by atoms with van der Waals surface area (Å²) in [6, 6.07) is 0. The summed E-state index contributed by atoms with van der Waals surface area (Å²) in [6.45, 7) is 5.25. The third-order valence-corrected chi connectivity index (χ3v) is 8.50. The maximum atomic E-state index is 5.06. The Kier molecular flexibility index (Phi) is 3.58. The second kappa shape index (κ2) is 5.24. The van der Waals surface area contributed by atoms with Crippen LogP contribution in [-0.4, -0.2) is 12.8 Å². The van der Waals surface area contributed by atoms with Crippen molar-refractivity contribution < 1.29 is 4.84 Å². The third-order valence-electron chi connectivity index (χ3n) is 8.50. The van der Waals surface area contributed by atoms with Gasteiger partial charge in [0.05, 0.1) is 5.71 Å². The Bertz CT molecular complexity index is 472. The van der Waals surface area contributed by atoms with Crippen LogP contribution in [0.2, 0.25) is 0 Å². The van der Waals surface area contributed by atoms with Crippen molar-refractivity contribution in [3.8, 4) is 0 Å². The number of fused-ring (bicyclic) bond motifs is 5. The van der Waals surface area contributed by atoms with Crippen LogP contribution < -0.4 is 0 Å². The molecule has 2 heteroatoms. The van der Waals surface area contributed by atoms with E-state index in [0.717, 1.165) is 23.7 Å². The highest BCUT2D eigenvalue weighted by molar-refractivity contribution is 5.85. The Hall–Kier alpha value is -0.530. The predicted octanol–water partition coefficient (Wildman–Crippen LogP) is 5.42. The van der Waals surface area contributed by atoms with Gasteiger partial charge in [0.25, 0.3) is 0 Å². The molecule has 0 aromatic heterocycles. The van der Waals surface area contributed by atoms with Crippen LogP contribution in [0.15, 0.2) is 5.16 Å². The molecule has 3 unspecified atom stereocenters. The van der Waals surface area contributed by atoms with Gasteiger partial charge in [-0.15, -0.1) is 0 Å². The molecular formula is C20H33NO. The summed E-state index contributed by atoms with van der Waals surface area (Å²) in [4.78, 5) is 5.06. The molecule has 0 heterocycles. The first-order valence-electron chi connectivity index (χ1n) is 9.66. The molecule has 4 rings (SSSR count). The number of hydrogen-bond acceptors (Lipinski definition) is 2. The fraction of sp³-hybridized carbons (Fsp3) is 0.950. The highest BCUT2D eigenvalue weighted by atomic mass is 16.6. The molecular weight excluding hydrogens is 270 g/mol. The summed E-state index contributed by atoms with van der Waals surface area (Å²) < 4.78 is 0. The van der Waals surface area contributed by atoms with Crippen molar-refractivity contribution in [2.45, 2.75) is 78.1 Å². The molecule has 4 saturated carbocycles. The zero-order valence-corrected chi connectivity index (χ0v) is 14.7. The minimum atomic E-state index is 0.583. The predicted molar refractivity (Wildman–Crippen MR) is 90.8 cm³/mol. The van der Waals surface area contributed by atoms with Crippen molar-refractivity contribution in [2.75, 3.05) is 7.11 Å². The lowest BCUT2D eigenvalue weighted by molar-refractivity contribution is -0.0921. The molecule has 124 valence electrons. The average Bonchev–Trinajstić information content (AvgIpc) is 2.89. The van der Waals surface area contributed by atoms with Gasteiger partial charge in [-0.25, -0.2) is 0 Å². The van der Waals surface area contributed by atoms with E-state index in [1.54, 1.807) is 7.11 Å². The van der Waals surface area contributed by atoms with E-state index in [-0.39, 0.29) is 0 Å². The first kappa shape index (κ1) is 15.0. The molecule has 0 bridgehead atoms. The number of hydrogen-bond donors (Lipinski definition) is 0. The zero-order valence-electron chi connectivity index (χ0n) is 14.7. The number of oxime groups is 1. The largest absolute Gasteiger partial charge is 0.399 e. The third kappa shape index (κ3) is 2.08. The van der Waals surface area contributed by atoms with Crippen molar-refractivity contribution in [3.05, 3.63) is 0 Å². The summed E-state index contributed by atoms with van der Waals surface area (Å²) >= 11 is 0. The van der Waals surface area contributed by atoms with Crippen LogP contribution in [0, 0.1) is 34.5 Å². The lowest BCUT2D eigenvalue weighted by atomic mass is 9.45. The van der Waals surface area contributed by atoms with Gasteiger partial charge in [0.2, 0.25) is 0 Å². The van der Waals surface area contributed by atoms with Crippen LogP contribution >= 0.6 is 0 Å². The summed E-state index contributed by atoms with van der Waals surface area (Å²) in [7, 11) is 1.69. The van der Waals surface area contributed by atoms with Gasteiger partial charge >= 0.3 is 0 Å². The summed E-state index contributed by atoms with van der Waals surface area (Å²) in [6.07, 6.45) is 14.2. The van der Waals surface area contributed by atoms with Crippen molar-refractivity contribution in [1.29, 1.82) is 0 Å². The standard InChI is InChI=1S/C20H33NO/c1-19-10-4-5-17(19)16-7-6-14-13-15(21-22-3)8-12-20(14,2)18(16)9-11-19/h14,16-18H,4-13H2,1-3H3/b21-15+/t14-,16?,17?,18?,19-,20-/m0/s1. The molecule has 0 radical (unpaired) electrons. The Morgan fingerprint density at radius 2 is 1.86 bits per heavy atom. The molecule has 4 aliphatic rings. The van der Waals surface area contributed by atoms with E-state index in [0.29, 0.717) is 10.8 Å². The van der Waals surface area contributed by atoms with E-state index in [1.807, 2.05) is 0 Å². The van der Waals surface area contributed by atoms with Gasteiger partial charge in [-0.3, -0.25) is 0 Å². The SMILES string of the molecule is CO/N=C1\CC[C@]2(C)C3CC[C@]4(C)CCCC4C3CC[C@H]2C1. The Morgan fingerprint density at radius 1 is 1.00 bits per heavy atom. The van der Waals surface area contributed by atoms with Crippen LogP contribution in [0.3, 0.4) is 0 Å². The topological polar surface area (TPSA) is 21.6 Å². The fourth-order valence-electron chi connectivity index (χ4n) is 7.26. The molecule has 0 N–H and O–H groups in total. The lowest BCUT2D eigenvalue weighted by Gasteiger charge is -2.60. The van der Waals surface area contributed by atoms with Gasteiger partial charge < -0.3 is 4.84 Å². The van der Waals surface area contributed by atoms with E-state index in [2.05, 4.69) is 19.0 Å². The number of nitrogens with zero attached hydrogens (tertiary/aromatic N) is 1. The maximum Gasteiger partial charge on any atom is 0.106 e. The van der Waals surface area contributed by atoms with E-state index in [9.17, 15) is 0 Å².